The molecule has 0 saturated carbocycles. The van der Waals surface area contributed by atoms with Crippen LogP contribution in [0.2, 0.25) is 0 Å². The van der Waals surface area contributed by atoms with Crippen molar-refractivity contribution in [1.82, 2.24) is 4.90 Å². The number of nitrogens with zero attached hydrogens (tertiary/aromatic N) is 2. The fourth-order valence-electron chi connectivity index (χ4n) is 0.411. The van der Waals surface area contributed by atoms with Crippen LogP contribution in [0, 0.1) is 5.75 Å². The number of likely N-dealkylation sites (N-methyl/N-ethyl adjacent to an activating group) is 1. The monoisotopic (exact) mass is 207 g/mol. The van der Waals surface area contributed by atoms with Gasteiger partial charge in [0.05, 0.1) is 0 Å². The predicted octanol–water partition coefficient (Wildman–Crippen LogP) is 0.441. The zero-order chi connectivity index (χ0) is 10.9. The third kappa shape index (κ3) is 18.7. The molecule has 0 unspecified atom stereocenters. The molecule has 0 atom stereocenters. The second-order valence-corrected chi connectivity index (χ2v) is 4.05. The van der Waals surface area contributed by atoms with Gasteiger partial charge in [0.25, 0.3) is 0 Å². The molecule has 0 aromatic carbocycles. The number of quaternary nitrogens is 1. The van der Waals surface area contributed by atoms with Gasteiger partial charge in [0.15, 0.2) is 0 Å². The Labute approximate surface area is 81.9 Å². The molecule has 0 saturated heterocycles. The van der Waals surface area contributed by atoms with Gasteiger partial charge in [-0.25, -0.2) is 0 Å². The molecular weight excluding hydrogens is 187 g/mol. The third-order valence-electron chi connectivity index (χ3n) is 0.971. The molecule has 0 aromatic heterocycles. The van der Waals surface area contributed by atoms with Crippen molar-refractivity contribution in [1.29, 1.82) is 0 Å². The normalized spacial score (nSPS) is 10.1. The summed E-state index contributed by atoms with van der Waals surface area (Å²) in [6, 6.07) is 0. The number of aliphatic hydroxyl groups is 1. The van der Waals surface area contributed by atoms with Crippen molar-refractivity contribution >= 4 is 7.92 Å². The van der Waals surface area contributed by atoms with Crippen molar-refractivity contribution in [3.8, 4) is 5.75 Å². The van der Waals surface area contributed by atoms with E-state index in [-0.39, 0.29) is 14.5 Å². The van der Waals surface area contributed by atoms with E-state index in [0.29, 0.717) is 11.0 Å². The maximum atomic E-state index is 9.98. The van der Waals surface area contributed by atoms with Gasteiger partial charge in [-0.1, -0.05) is 0 Å². The average molecular weight is 207 g/mol. The summed E-state index contributed by atoms with van der Waals surface area (Å²) in [7, 11) is 9.54. The van der Waals surface area contributed by atoms with Gasteiger partial charge >= 0.3 is 55.1 Å². The Hall–Kier alpha value is -0.110. The first kappa shape index (κ1) is 15.4. The van der Waals surface area contributed by atoms with Crippen LogP contribution in [0.25, 0.3) is 0 Å². The summed E-state index contributed by atoms with van der Waals surface area (Å²) in [6.45, 7) is 0.644. The first-order valence-electron chi connectivity index (χ1n) is 4.00. The first-order valence-corrected chi connectivity index (χ1v) is 4.81. The predicted molar refractivity (Wildman–Crippen MR) is 55.2 cm³/mol. The molecule has 0 aromatic rings. The Morgan fingerprint density at radius 1 is 1.38 bits per heavy atom. The third-order valence-corrected chi connectivity index (χ3v) is 1.59. The molecule has 0 fully saturated rings. The number of hydrogen-bond acceptors (Lipinski definition) is 3. The molecule has 0 radical (unpaired) electrons. The molecule has 0 amide bonds. The van der Waals surface area contributed by atoms with Crippen molar-refractivity contribution in [3.63, 3.8) is 0 Å². The molecule has 0 aliphatic rings. The number of hydrogen-bond donors (Lipinski definition) is 1. The molecular formula is C8H20N2O2P+. The summed E-state index contributed by atoms with van der Waals surface area (Å²) in [5, 5.41) is 8.47. The van der Waals surface area contributed by atoms with Gasteiger partial charge in [-0.15, -0.1) is 0 Å². The molecule has 1 N–H and O–H groups in total. The average Bonchev–Trinajstić information content (AvgIpc) is 1.84. The van der Waals surface area contributed by atoms with Gasteiger partial charge in [-0.3, -0.25) is 0 Å². The molecule has 0 rings (SSSR count). The van der Waals surface area contributed by atoms with E-state index in [9.17, 15) is 4.57 Å². The molecule has 78 valence electrons. The topological polar surface area (TPSA) is 40.5 Å². The fraction of sp³-hybridized carbons (Fsp3) is 0.875. The second kappa shape index (κ2) is 8.49. The quantitative estimate of drug-likeness (QED) is 0.527. The molecule has 0 heterocycles. The first-order chi connectivity index (χ1) is 5.85. The van der Waals surface area contributed by atoms with Crippen LogP contribution in [0.4, 0.5) is 0 Å². The Morgan fingerprint density at radius 3 is 2.00 bits per heavy atom. The van der Waals surface area contributed by atoms with Crippen LogP contribution in [0.15, 0.2) is 0 Å². The van der Waals surface area contributed by atoms with E-state index < -0.39 is 0 Å². The van der Waals surface area contributed by atoms with Crippen LogP contribution < -0.4 is 0 Å². The van der Waals surface area contributed by atoms with Gasteiger partial charge in [0.2, 0.25) is 0 Å². The van der Waals surface area contributed by atoms with E-state index >= 15 is 0 Å². The summed E-state index contributed by atoms with van der Waals surface area (Å²) in [5.74, 6) is 2.62. The summed E-state index contributed by atoms with van der Waals surface area (Å²) in [6.07, 6.45) is 0. The van der Waals surface area contributed by atoms with Gasteiger partial charge < -0.3 is 4.90 Å². The molecule has 4 nitrogen and oxygen atoms in total. The van der Waals surface area contributed by atoms with E-state index in [1.807, 2.05) is 40.1 Å². The standard InChI is InChI=1S/C5H11NO2P.C3H9N/c1-6(2,3-4-7)5-9-8;1-4(2)3/h7H,3-4H2,1-2H3;1-3H3/q+1;. The molecule has 5 heteroatoms. The zero-order valence-electron chi connectivity index (χ0n) is 9.11. The van der Waals surface area contributed by atoms with Crippen molar-refractivity contribution in [2.75, 3.05) is 48.4 Å². The van der Waals surface area contributed by atoms with E-state index in [2.05, 4.69) is 5.75 Å². The zero-order valence-corrected chi connectivity index (χ0v) is 10.0. The molecule has 0 bridgehead atoms. The number of aliphatic hydroxyl groups excluding tert-OH is 1. The van der Waals surface area contributed by atoms with Crippen molar-refractivity contribution in [2.45, 2.75) is 0 Å². The van der Waals surface area contributed by atoms with Gasteiger partial charge in [0, 0.05) is 0 Å². The maximum absolute atomic E-state index is 9.98. The van der Waals surface area contributed by atoms with Gasteiger partial charge in [-0.05, 0) is 21.1 Å². The Morgan fingerprint density at radius 2 is 1.77 bits per heavy atom. The van der Waals surface area contributed by atoms with Crippen LogP contribution in [-0.4, -0.2) is 62.9 Å². The SMILES string of the molecule is CN(C)C.C[N+](C)(C#P=O)CCO. The summed E-state index contributed by atoms with van der Waals surface area (Å²) in [4.78, 5) is 2.00. The minimum absolute atomic E-state index is 0.0928. The van der Waals surface area contributed by atoms with Gasteiger partial charge in [0.1, 0.15) is 0 Å². The van der Waals surface area contributed by atoms with Crippen molar-refractivity contribution in [2.24, 2.45) is 0 Å². The van der Waals surface area contributed by atoms with E-state index in [0.717, 1.165) is 0 Å². The summed E-state index contributed by atoms with van der Waals surface area (Å²) < 4.78 is 10.3. The summed E-state index contributed by atoms with van der Waals surface area (Å²) in [5.41, 5.74) is 0. The van der Waals surface area contributed by atoms with Gasteiger partial charge in [-0.2, -0.15) is 0 Å². The van der Waals surface area contributed by atoms with Crippen LogP contribution in [0.1, 0.15) is 0 Å². The molecule has 0 spiro atoms. The van der Waals surface area contributed by atoms with Crippen molar-refractivity contribution < 1.29 is 14.2 Å². The van der Waals surface area contributed by atoms with Crippen LogP contribution in [0.5, 0.6) is 0 Å². The molecule has 0 aliphatic carbocycles. The van der Waals surface area contributed by atoms with Crippen LogP contribution in [0.3, 0.4) is 0 Å². The van der Waals surface area contributed by atoms with E-state index in [1.54, 1.807) is 0 Å². The van der Waals surface area contributed by atoms with Crippen molar-refractivity contribution in [3.05, 3.63) is 0 Å². The Balaban J connectivity index is 0. The van der Waals surface area contributed by atoms with E-state index in [4.69, 9.17) is 5.11 Å². The minimum atomic E-state index is -0.105. The Kier molecular flexibility index (Phi) is 10.0. The van der Waals surface area contributed by atoms with E-state index in [1.165, 1.54) is 0 Å². The molecule has 13 heavy (non-hydrogen) atoms. The second-order valence-electron chi connectivity index (χ2n) is 3.67. The molecule has 0 aliphatic heterocycles. The van der Waals surface area contributed by atoms with Crippen LogP contribution in [-0.2, 0) is 4.57 Å². The number of rotatable bonds is 2. The summed E-state index contributed by atoms with van der Waals surface area (Å²) >= 11 is 0. The van der Waals surface area contributed by atoms with Crippen LogP contribution >= 0.6 is 7.92 Å². The fourth-order valence-corrected chi connectivity index (χ4v) is 0.732. The Bertz CT molecular complexity index is 206.